The highest BCUT2D eigenvalue weighted by Gasteiger charge is 2.23. The van der Waals surface area contributed by atoms with Crippen molar-refractivity contribution in [3.05, 3.63) is 4.88 Å². The number of carbonyl (C=O) groups is 1. The van der Waals surface area contributed by atoms with E-state index in [9.17, 15) is 4.79 Å². The van der Waals surface area contributed by atoms with Gasteiger partial charge >= 0.3 is 0 Å². The minimum atomic E-state index is -0.133. The average molecular weight is 312 g/mol. The van der Waals surface area contributed by atoms with Gasteiger partial charge in [0.05, 0.1) is 13.2 Å². The van der Waals surface area contributed by atoms with Crippen LogP contribution in [0.1, 0.15) is 36.9 Å². The quantitative estimate of drug-likeness (QED) is 0.865. The summed E-state index contributed by atoms with van der Waals surface area (Å²) >= 11 is 1.35. The number of morpholine rings is 1. The van der Waals surface area contributed by atoms with E-state index in [1.54, 1.807) is 0 Å². The molecule has 21 heavy (non-hydrogen) atoms. The van der Waals surface area contributed by atoms with Crippen molar-refractivity contribution in [3.8, 4) is 0 Å². The molecular weight excluding hydrogens is 288 g/mol. The summed E-state index contributed by atoms with van der Waals surface area (Å²) in [5, 5.41) is 3.76. The minimum absolute atomic E-state index is 0.0855. The van der Waals surface area contributed by atoms with Gasteiger partial charge in [-0.3, -0.25) is 4.79 Å². The van der Waals surface area contributed by atoms with Crippen LogP contribution >= 0.6 is 11.3 Å². The molecule has 0 radical (unpaired) electrons. The molecule has 7 heteroatoms. The fourth-order valence-electron chi connectivity index (χ4n) is 1.90. The smallest absolute Gasteiger partial charge is 0.265 e. The molecule has 0 spiro atoms. The van der Waals surface area contributed by atoms with E-state index in [2.05, 4.69) is 36.0 Å². The first-order chi connectivity index (χ1) is 9.93. The first kappa shape index (κ1) is 16.0. The Morgan fingerprint density at radius 3 is 2.76 bits per heavy atom. The number of nitrogens with one attached hydrogen (secondary N) is 1. The maximum Gasteiger partial charge on any atom is 0.265 e. The van der Waals surface area contributed by atoms with Gasteiger partial charge in [0, 0.05) is 19.6 Å². The van der Waals surface area contributed by atoms with Crippen LogP contribution < -0.4 is 16.0 Å². The minimum Gasteiger partial charge on any atom is -0.382 e. The van der Waals surface area contributed by atoms with Gasteiger partial charge in [-0.2, -0.15) is 0 Å². The standard InChI is InChI=1S/C14H24N4O2S/c1-4-14(2,3)9-16-12(19)10-11(15)17-13(21-10)18-5-7-20-8-6-18/h4-9,15H2,1-3H3,(H,16,19). The van der Waals surface area contributed by atoms with Crippen LogP contribution in [0.5, 0.6) is 0 Å². The fraction of sp³-hybridized carbons (Fsp3) is 0.714. The molecule has 0 aromatic carbocycles. The van der Waals surface area contributed by atoms with Crippen LogP contribution in [0.2, 0.25) is 0 Å². The largest absolute Gasteiger partial charge is 0.382 e. The molecule has 6 nitrogen and oxygen atoms in total. The summed E-state index contributed by atoms with van der Waals surface area (Å²) in [6, 6.07) is 0. The summed E-state index contributed by atoms with van der Waals surface area (Å²) in [6.07, 6.45) is 1.00. The highest BCUT2D eigenvalue weighted by molar-refractivity contribution is 7.18. The summed E-state index contributed by atoms with van der Waals surface area (Å²) in [5.41, 5.74) is 5.99. The van der Waals surface area contributed by atoms with Gasteiger partial charge in [-0.15, -0.1) is 0 Å². The number of nitrogen functional groups attached to an aromatic ring is 1. The molecule has 2 rings (SSSR count). The first-order valence-electron chi connectivity index (χ1n) is 7.30. The number of carbonyl (C=O) groups excluding carboxylic acids is 1. The average Bonchev–Trinajstić information content (AvgIpc) is 2.88. The molecule has 118 valence electrons. The molecule has 1 saturated heterocycles. The van der Waals surface area contributed by atoms with Crippen molar-refractivity contribution >= 4 is 28.2 Å². The molecule has 0 atom stereocenters. The van der Waals surface area contributed by atoms with E-state index in [0.29, 0.717) is 30.5 Å². The third kappa shape index (κ3) is 4.07. The Morgan fingerprint density at radius 1 is 1.48 bits per heavy atom. The highest BCUT2D eigenvalue weighted by Crippen LogP contribution is 2.29. The maximum absolute atomic E-state index is 12.3. The topological polar surface area (TPSA) is 80.5 Å². The van der Waals surface area contributed by atoms with E-state index in [-0.39, 0.29) is 11.3 Å². The number of thiazole rings is 1. The van der Waals surface area contributed by atoms with Gasteiger partial charge in [0.2, 0.25) is 0 Å². The Hall–Kier alpha value is -1.34. The van der Waals surface area contributed by atoms with Gasteiger partial charge in [0.15, 0.2) is 5.13 Å². The Balaban J connectivity index is 2.02. The number of ether oxygens (including phenoxy) is 1. The zero-order valence-electron chi connectivity index (χ0n) is 12.9. The number of amides is 1. The predicted molar refractivity (Wildman–Crippen MR) is 86.0 cm³/mol. The molecule has 1 aliphatic heterocycles. The molecule has 1 aliphatic rings. The number of rotatable bonds is 5. The third-order valence-electron chi connectivity index (χ3n) is 3.81. The van der Waals surface area contributed by atoms with Gasteiger partial charge in [0.1, 0.15) is 10.7 Å². The Bertz CT molecular complexity index is 495. The third-order valence-corrected chi connectivity index (χ3v) is 4.95. The first-order valence-corrected chi connectivity index (χ1v) is 8.12. The second kappa shape index (κ2) is 6.62. The van der Waals surface area contributed by atoms with Crippen LogP contribution in [0.4, 0.5) is 10.9 Å². The summed E-state index contributed by atoms with van der Waals surface area (Å²) in [4.78, 5) is 19.2. The second-order valence-electron chi connectivity index (χ2n) is 6.01. The fourth-order valence-corrected chi connectivity index (χ4v) is 2.85. The summed E-state index contributed by atoms with van der Waals surface area (Å²) < 4.78 is 5.32. The Labute approximate surface area is 129 Å². The normalized spacial score (nSPS) is 16.0. The summed E-state index contributed by atoms with van der Waals surface area (Å²) in [7, 11) is 0. The van der Waals surface area contributed by atoms with E-state index < -0.39 is 0 Å². The van der Waals surface area contributed by atoms with Crippen LogP contribution in [-0.4, -0.2) is 43.7 Å². The van der Waals surface area contributed by atoms with Crippen LogP contribution in [0.25, 0.3) is 0 Å². The lowest BCUT2D eigenvalue weighted by atomic mass is 9.90. The molecule has 2 heterocycles. The number of hydrogen-bond donors (Lipinski definition) is 2. The zero-order chi connectivity index (χ0) is 15.5. The van der Waals surface area contributed by atoms with Gasteiger partial charge in [0.25, 0.3) is 5.91 Å². The van der Waals surface area contributed by atoms with Gasteiger partial charge in [-0.1, -0.05) is 32.1 Å². The van der Waals surface area contributed by atoms with Crippen LogP contribution in [-0.2, 0) is 4.74 Å². The lowest BCUT2D eigenvalue weighted by Gasteiger charge is -2.25. The number of anilines is 2. The van der Waals surface area contributed by atoms with Crippen LogP contribution in [0.15, 0.2) is 0 Å². The lowest BCUT2D eigenvalue weighted by molar-refractivity contribution is 0.0940. The van der Waals surface area contributed by atoms with Crippen molar-refractivity contribution in [2.75, 3.05) is 43.5 Å². The van der Waals surface area contributed by atoms with Crippen molar-refractivity contribution in [3.63, 3.8) is 0 Å². The number of hydrogen-bond acceptors (Lipinski definition) is 6. The zero-order valence-corrected chi connectivity index (χ0v) is 13.8. The van der Waals surface area contributed by atoms with Crippen LogP contribution in [0, 0.1) is 5.41 Å². The molecule has 1 aromatic rings. The van der Waals surface area contributed by atoms with Crippen molar-refractivity contribution in [2.24, 2.45) is 5.41 Å². The van der Waals surface area contributed by atoms with E-state index in [0.717, 1.165) is 24.6 Å². The maximum atomic E-state index is 12.3. The molecule has 1 aromatic heterocycles. The van der Waals surface area contributed by atoms with Crippen molar-refractivity contribution < 1.29 is 9.53 Å². The van der Waals surface area contributed by atoms with Crippen molar-refractivity contribution in [1.29, 1.82) is 0 Å². The van der Waals surface area contributed by atoms with E-state index in [1.165, 1.54) is 11.3 Å². The summed E-state index contributed by atoms with van der Waals surface area (Å²) in [5.74, 6) is 0.180. The van der Waals surface area contributed by atoms with Gasteiger partial charge < -0.3 is 20.7 Å². The Kier molecular flexibility index (Phi) is 5.05. The highest BCUT2D eigenvalue weighted by atomic mass is 32.1. The van der Waals surface area contributed by atoms with Gasteiger partial charge in [-0.05, 0) is 11.8 Å². The predicted octanol–water partition coefficient (Wildman–Crippen LogP) is 1.73. The Morgan fingerprint density at radius 2 is 2.14 bits per heavy atom. The summed E-state index contributed by atoms with van der Waals surface area (Å²) in [6.45, 7) is 9.95. The molecular formula is C14H24N4O2S. The number of nitrogens with two attached hydrogens (primary N) is 1. The second-order valence-corrected chi connectivity index (χ2v) is 6.99. The molecule has 0 aliphatic carbocycles. The molecule has 1 fully saturated rings. The number of aromatic nitrogens is 1. The monoisotopic (exact) mass is 312 g/mol. The number of nitrogens with zero attached hydrogens (tertiary/aromatic N) is 2. The van der Waals surface area contributed by atoms with E-state index in [4.69, 9.17) is 10.5 Å². The molecule has 3 N–H and O–H groups in total. The van der Waals surface area contributed by atoms with Gasteiger partial charge in [-0.25, -0.2) is 4.98 Å². The lowest BCUT2D eigenvalue weighted by Crippen LogP contribution is -2.36. The molecule has 0 bridgehead atoms. The van der Waals surface area contributed by atoms with E-state index >= 15 is 0 Å². The molecule has 1 amide bonds. The van der Waals surface area contributed by atoms with E-state index in [1.807, 2.05) is 0 Å². The van der Waals surface area contributed by atoms with Crippen molar-refractivity contribution in [2.45, 2.75) is 27.2 Å². The van der Waals surface area contributed by atoms with Crippen LogP contribution in [0.3, 0.4) is 0 Å². The molecule has 0 unspecified atom stereocenters. The van der Waals surface area contributed by atoms with Crippen molar-refractivity contribution in [1.82, 2.24) is 10.3 Å². The molecule has 0 saturated carbocycles. The SMILES string of the molecule is CCC(C)(C)CNC(=O)c1sc(N2CCOCC2)nc1N.